The molecule has 0 spiro atoms. The Bertz CT molecular complexity index is 1440. The number of methoxy groups -OCH3 is 1. The van der Waals surface area contributed by atoms with E-state index in [-0.39, 0.29) is 18.7 Å². The zero-order valence-corrected chi connectivity index (χ0v) is 18.8. The Morgan fingerprint density at radius 1 is 0.970 bits per heavy atom. The number of pyridine rings is 1. The van der Waals surface area contributed by atoms with Crippen LogP contribution in [-0.4, -0.2) is 31.4 Å². The minimum absolute atomic E-state index is 0.0796. The van der Waals surface area contributed by atoms with E-state index in [4.69, 9.17) is 4.74 Å². The number of H-pyrrole nitrogens is 1. The van der Waals surface area contributed by atoms with Crippen LogP contribution in [0.25, 0.3) is 10.9 Å². The molecular formula is C25H23FN2O4S. The predicted octanol–water partition coefficient (Wildman–Crippen LogP) is 4.11. The van der Waals surface area contributed by atoms with Gasteiger partial charge < -0.3 is 9.72 Å². The summed E-state index contributed by atoms with van der Waals surface area (Å²) in [5.74, 6) is -0.222. The monoisotopic (exact) mass is 466 g/mol. The number of nitrogens with zero attached hydrogens (tertiary/aromatic N) is 1. The van der Waals surface area contributed by atoms with Crippen molar-refractivity contribution >= 4 is 20.9 Å². The number of fused-ring (bicyclic) bond motifs is 1. The van der Waals surface area contributed by atoms with Crippen LogP contribution in [0.1, 0.15) is 11.1 Å². The lowest BCUT2D eigenvalue weighted by Gasteiger charge is -2.22. The van der Waals surface area contributed by atoms with Gasteiger partial charge in [0.15, 0.2) is 0 Å². The summed E-state index contributed by atoms with van der Waals surface area (Å²) in [6.07, 6.45) is 0.411. The highest BCUT2D eigenvalue weighted by Gasteiger charge is 2.28. The first-order valence-corrected chi connectivity index (χ1v) is 11.8. The summed E-state index contributed by atoms with van der Waals surface area (Å²) in [6.45, 7) is -0.123. The van der Waals surface area contributed by atoms with Gasteiger partial charge in [0, 0.05) is 29.6 Å². The Hall–Kier alpha value is -3.49. The van der Waals surface area contributed by atoms with E-state index in [1.807, 2.05) is 30.3 Å². The van der Waals surface area contributed by atoms with Crippen molar-refractivity contribution < 1.29 is 17.5 Å². The quantitative estimate of drug-likeness (QED) is 0.424. The van der Waals surface area contributed by atoms with Gasteiger partial charge in [0.05, 0.1) is 7.11 Å². The van der Waals surface area contributed by atoms with E-state index in [9.17, 15) is 17.6 Å². The van der Waals surface area contributed by atoms with Gasteiger partial charge in [-0.15, -0.1) is 0 Å². The summed E-state index contributed by atoms with van der Waals surface area (Å²) in [7, 11) is -2.66. The second kappa shape index (κ2) is 9.56. The topological polar surface area (TPSA) is 79.5 Å². The van der Waals surface area contributed by atoms with Crippen LogP contribution in [0.3, 0.4) is 0 Å². The minimum atomic E-state index is -4.20. The molecule has 0 fully saturated rings. The molecule has 6 nitrogen and oxygen atoms in total. The molecule has 8 heteroatoms. The third kappa shape index (κ3) is 4.97. The molecule has 0 aliphatic rings. The van der Waals surface area contributed by atoms with Crippen LogP contribution in [0.2, 0.25) is 0 Å². The van der Waals surface area contributed by atoms with Crippen LogP contribution in [0.4, 0.5) is 4.39 Å². The number of benzene rings is 3. The summed E-state index contributed by atoms with van der Waals surface area (Å²) < 4.78 is 47.6. The summed E-state index contributed by atoms with van der Waals surface area (Å²) in [5, 5.41) is 0.704. The molecule has 0 bridgehead atoms. The van der Waals surface area contributed by atoms with Gasteiger partial charge in [-0.25, -0.2) is 12.8 Å². The van der Waals surface area contributed by atoms with Gasteiger partial charge in [-0.05, 0) is 48.4 Å². The molecule has 1 heterocycles. The van der Waals surface area contributed by atoms with E-state index in [1.165, 1.54) is 18.2 Å². The first kappa shape index (κ1) is 22.7. The SMILES string of the molecule is COc1ccc2[nH]c(=O)c(CN(CCc3ccccc3)S(=O)(=O)c3ccccc3F)cc2c1. The summed E-state index contributed by atoms with van der Waals surface area (Å²) in [5.41, 5.74) is 1.39. The second-order valence-corrected chi connectivity index (χ2v) is 9.49. The van der Waals surface area contributed by atoms with Crippen molar-refractivity contribution in [1.82, 2.24) is 9.29 Å². The maximum Gasteiger partial charge on any atom is 0.252 e. The van der Waals surface area contributed by atoms with Gasteiger partial charge in [0.2, 0.25) is 10.0 Å². The van der Waals surface area contributed by atoms with Gasteiger partial charge in [0.25, 0.3) is 5.56 Å². The molecular weight excluding hydrogens is 443 g/mol. The normalized spacial score (nSPS) is 11.7. The third-order valence-corrected chi connectivity index (χ3v) is 7.30. The smallest absolute Gasteiger partial charge is 0.252 e. The summed E-state index contributed by atoms with van der Waals surface area (Å²) >= 11 is 0. The van der Waals surface area contributed by atoms with Gasteiger partial charge in [-0.3, -0.25) is 4.79 Å². The molecule has 0 unspecified atom stereocenters. The molecule has 0 aliphatic heterocycles. The number of sulfonamides is 1. The Morgan fingerprint density at radius 3 is 2.42 bits per heavy atom. The van der Waals surface area contributed by atoms with E-state index in [0.29, 0.717) is 23.1 Å². The largest absolute Gasteiger partial charge is 0.497 e. The number of aromatic amines is 1. The van der Waals surface area contributed by atoms with Crippen molar-refractivity contribution in [2.45, 2.75) is 17.9 Å². The molecule has 1 aromatic heterocycles. The maximum absolute atomic E-state index is 14.4. The van der Waals surface area contributed by atoms with Crippen LogP contribution in [0.5, 0.6) is 5.75 Å². The highest BCUT2D eigenvalue weighted by atomic mass is 32.2. The van der Waals surface area contributed by atoms with Gasteiger partial charge >= 0.3 is 0 Å². The molecule has 0 radical (unpaired) electrons. The molecule has 33 heavy (non-hydrogen) atoms. The predicted molar refractivity (Wildman–Crippen MR) is 125 cm³/mol. The van der Waals surface area contributed by atoms with E-state index in [0.717, 1.165) is 15.9 Å². The molecule has 0 atom stereocenters. The zero-order chi connectivity index (χ0) is 23.4. The molecule has 0 saturated carbocycles. The highest BCUT2D eigenvalue weighted by molar-refractivity contribution is 7.89. The van der Waals surface area contributed by atoms with E-state index in [2.05, 4.69) is 4.98 Å². The number of ether oxygens (including phenoxy) is 1. The molecule has 0 saturated heterocycles. The van der Waals surface area contributed by atoms with Crippen molar-refractivity contribution in [2.75, 3.05) is 13.7 Å². The number of hydrogen-bond acceptors (Lipinski definition) is 4. The Labute approximate surface area is 191 Å². The van der Waals surface area contributed by atoms with E-state index in [1.54, 1.807) is 31.4 Å². The number of hydrogen-bond donors (Lipinski definition) is 1. The first-order chi connectivity index (χ1) is 15.9. The second-order valence-electron chi connectivity index (χ2n) is 7.58. The van der Waals surface area contributed by atoms with E-state index < -0.39 is 26.3 Å². The van der Waals surface area contributed by atoms with Crippen LogP contribution in [0, 0.1) is 5.82 Å². The van der Waals surface area contributed by atoms with Crippen LogP contribution in [0.15, 0.2) is 88.6 Å². The Kier molecular flexibility index (Phi) is 6.57. The van der Waals surface area contributed by atoms with Gasteiger partial charge in [0.1, 0.15) is 16.5 Å². The number of aromatic nitrogens is 1. The molecule has 0 amide bonds. The lowest BCUT2D eigenvalue weighted by atomic mass is 10.1. The number of nitrogens with one attached hydrogen (secondary N) is 1. The van der Waals surface area contributed by atoms with E-state index >= 15 is 0 Å². The van der Waals surface area contributed by atoms with Gasteiger partial charge in [-0.2, -0.15) is 4.31 Å². The van der Waals surface area contributed by atoms with Crippen molar-refractivity contribution in [3.05, 3.63) is 106 Å². The Morgan fingerprint density at radius 2 is 1.70 bits per heavy atom. The summed E-state index contributed by atoms with van der Waals surface area (Å²) in [4.78, 5) is 15.1. The van der Waals surface area contributed by atoms with Crippen molar-refractivity contribution in [3.63, 3.8) is 0 Å². The summed E-state index contributed by atoms with van der Waals surface area (Å²) in [6, 6.07) is 21.5. The molecule has 4 rings (SSSR count). The molecule has 0 aliphatic carbocycles. The fraction of sp³-hybridized carbons (Fsp3) is 0.160. The van der Waals surface area contributed by atoms with Crippen LogP contribution < -0.4 is 10.3 Å². The maximum atomic E-state index is 14.4. The van der Waals surface area contributed by atoms with Crippen LogP contribution in [-0.2, 0) is 23.0 Å². The highest BCUT2D eigenvalue weighted by Crippen LogP contribution is 2.23. The third-order valence-electron chi connectivity index (χ3n) is 5.42. The van der Waals surface area contributed by atoms with Crippen LogP contribution >= 0.6 is 0 Å². The molecule has 1 N–H and O–H groups in total. The Balaban J connectivity index is 1.74. The van der Waals surface area contributed by atoms with Gasteiger partial charge in [-0.1, -0.05) is 42.5 Å². The lowest BCUT2D eigenvalue weighted by molar-refractivity contribution is 0.404. The lowest BCUT2D eigenvalue weighted by Crippen LogP contribution is -2.35. The first-order valence-electron chi connectivity index (χ1n) is 10.4. The minimum Gasteiger partial charge on any atom is -0.497 e. The number of rotatable bonds is 8. The molecule has 170 valence electrons. The number of halogens is 1. The van der Waals surface area contributed by atoms with Crippen molar-refractivity contribution in [2.24, 2.45) is 0 Å². The average molecular weight is 467 g/mol. The van der Waals surface area contributed by atoms with Crippen molar-refractivity contribution in [3.8, 4) is 5.75 Å². The fourth-order valence-electron chi connectivity index (χ4n) is 3.64. The molecule has 4 aromatic rings. The molecule has 3 aromatic carbocycles. The zero-order valence-electron chi connectivity index (χ0n) is 18.0. The average Bonchev–Trinajstić information content (AvgIpc) is 2.82. The van der Waals surface area contributed by atoms with Crippen molar-refractivity contribution in [1.29, 1.82) is 0 Å². The standard InChI is InChI=1S/C25H23FN2O4S/c1-32-21-11-12-23-19(16-21)15-20(25(29)27-23)17-28(14-13-18-7-3-2-4-8-18)33(30,31)24-10-6-5-9-22(24)26/h2-12,15-16H,13-14,17H2,1H3,(H,27,29). The fourth-order valence-corrected chi connectivity index (χ4v) is 5.12.